The van der Waals surface area contributed by atoms with Gasteiger partial charge in [-0.15, -0.1) is 0 Å². The van der Waals surface area contributed by atoms with Gasteiger partial charge < -0.3 is 33.8 Å². The summed E-state index contributed by atoms with van der Waals surface area (Å²) in [6.07, 6.45) is 41.8. The number of carbonyl (C=O) groups excluding carboxylic acids is 4. The van der Waals surface area contributed by atoms with Crippen molar-refractivity contribution in [2.24, 2.45) is 23.7 Å². The van der Waals surface area contributed by atoms with Gasteiger partial charge in [0.15, 0.2) is 12.2 Å². The lowest BCUT2D eigenvalue weighted by molar-refractivity contribution is -0.161. The zero-order chi connectivity index (χ0) is 66.1. The molecule has 0 spiro atoms. The van der Waals surface area contributed by atoms with Crippen molar-refractivity contribution in [3.05, 3.63) is 0 Å². The first-order valence-electron chi connectivity index (χ1n) is 36.2. The average Bonchev–Trinajstić information content (AvgIpc) is 3.64. The van der Waals surface area contributed by atoms with Gasteiger partial charge >= 0.3 is 39.5 Å². The molecule has 0 aliphatic carbocycles. The Morgan fingerprint density at radius 1 is 0.315 bits per heavy atom. The van der Waals surface area contributed by atoms with E-state index in [1.807, 2.05) is 0 Å². The van der Waals surface area contributed by atoms with Crippen LogP contribution in [0.25, 0.3) is 0 Å². The molecule has 19 heteroatoms. The van der Waals surface area contributed by atoms with E-state index in [9.17, 15) is 43.2 Å². The predicted octanol–water partition coefficient (Wildman–Crippen LogP) is 19.7. The topological polar surface area (TPSA) is 237 Å². The highest BCUT2D eigenvalue weighted by Gasteiger charge is 2.30. The number of ether oxygens (including phenoxy) is 4. The van der Waals surface area contributed by atoms with Crippen molar-refractivity contribution >= 4 is 39.5 Å². The van der Waals surface area contributed by atoms with Crippen LogP contribution in [0.5, 0.6) is 0 Å². The van der Waals surface area contributed by atoms with Crippen LogP contribution in [-0.4, -0.2) is 96.7 Å². The Kier molecular flexibility index (Phi) is 58.5. The van der Waals surface area contributed by atoms with E-state index in [1.165, 1.54) is 148 Å². The summed E-state index contributed by atoms with van der Waals surface area (Å²) in [5.74, 6) is 0.841. The molecule has 0 amide bonds. The lowest BCUT2D eigenvalue weighted by atomic mass is 10.00. The first-order valence-corrected chi connectivity index (χ1v) is 39.2. The van der Waals surface area contributed by atoms with E-state index in [0.29, 0.717) is 25.7 Å². The van der Waals surface area contributed by atoms with Gasteiger partial charge in [-0.05, 0) is 49.4 Å². The van der Waals surface area contributed by atoms with E-state index in [4.69, 9.17) is 37.0 Å². The third-order valence-electron chi connectivity index (χ3n) is 16.4. The Bertz CT molecular complexity index is 1770. The van der Waals surface area contributed by atoms with E-state index < -0.39 is 97.5 Å². The average molecular weight is 1310 g/mol. The standard InChI is InChI=1S/C70H136O17P2/c1-9-63(8)49-41-33-28-29-37-45-53-70(75)87-66(57-80-67(72)50-42-34-25-18-14-12-10-11-13-16-22-30-38-46-60(2)3)59-85-89(78,79)83-55-64(71)54-82-88(76,77)84-58-65(56-81-68(73)51-43-35-26-21-20-24-32-40-48-62(6)7)86-69(74)52-44-36-27-19-15-17-23-31-39-47-61(4)5/h60-66,71H,9-59H2,1-8H3,(H,76,77)(H,78,79)/t63?,64?,65-,66-/m1/s1. The van der Waals surface area contributed by atoms with Crippen LogP contribution in [0.1, 0.15) is 344 Å². The molecule has 0 fully saturated rings. The van der Waals surface area contributed by atoms with Gasteiger partial charge in [-0.25, -0.2) is 9.13 Å². The normalized spacial score (nSPS) is 14.6. The van der Waals surface area contributed by atoms with Crippen molar-refractivity contribution in [1.29, 1.82) is 0 Å². The maximum Gasteiger partial charge on any atom is 0.472 e. The molecule has 0 aromatic heterocycles. The Hall–Kier alpha value is -1.94. The highest BCUT2D eigenvalue weighted by Crippen LogP contribution is 2.45. The quantitative estimate of drug-likeness (QED) is 0.0222. The van der Waals surface area contributed by atoms with Crippen LogP contribution in [0, 0.1) is 23.7 Å². The molecular weight excluding hydrogens is 1170 g/mol. The van der Waals surface area contributed by atoms with Crippen molar-refractivity contribution in [2.75, 3.05) is 39.6 Å². The molecule has 0 radical (unpaired) electrons. The Morgan fingerprint density at radius 3 is 0.798 bits per heavy atom. The molecule has 4 unspecified atom stereocenters. The number of aliphatic hydroxyl groups excluding tert-OH is 1. The molecule has 0 aliphatic heterocycles. The molecule has 6 atom stereocenters. The minimum atomic E-state index is -4.95. The van der Waals surface area contributed by atoms with E-state index in [0.717, 1.165) is 114 Å². The van der Waals surface area contributed by atoms with E-state index in [2.05, 4.69) is 55.4 Å². The van der Waals surface area contributed by atoms with Crippen LogP contribution < -0.4 is 0 Å². The molecule has 89 heavy (non-hydrogen) atoms. The smallest absolute Gasteiger partial charge is 0.462 e. The first-order chi connectivity index (χ1) is 42.6. The minimum Gasteiger partial charge on any atom is -0.462 e. The van der Waals surface area contributed by atoms with Gasteiger partial charge in [0.2, 0.25) is 0 Å². The number of phosphoric acid groups is 2. The highest BCUT2D eigenvalue weighted by atomic mass is 31.2. The van der Waals surface area contributed by atoms with Crippen LogP contribution in [0.3, 0.4) is 0 Å². The Balaban J connectivity index is 5.23. The van der Waals surface area contributed by atoms with Crippen molar-refractivity contribution in [3.63, 3.8) is 0 Å². The van der Waals surface area contributed by atoms with Gasteiger partial charge in [0.25, 0.3) is 0 Å². The number of aliphatic hydroxyl groups is 1. The van der Waals surface area contributed by atoms with Gasteiger partial charge in [-0.2, -0.15) is 0 Å². The number of esters is 4. The molecular formula is C70H136O17P2. The number of hydrogen-bond acceptors (Lipinski definition) is 15. The number of unbranched alkanes of at least 4 members (excludes halogenated alkanes) is 32. The summed E-state index contributed by atoms with van der Waals surface area (Å²) >= 11 is 0. The van der Waals surface area contributed by atoms with Crippen molar-refractivity contribution in [1.82, 2.24) is 0 Å². The molecule has 0 aromatic carbocycles. The van der Waals surface area contributed by atoms with E-state index in [1.54, 1.807) is 0 Å². The van der Waals surface area contributed by atoms with Crippen molar-refractivity contribution < 1.29 is 80.2 Å². The number of phosphoric ester groups is 2. The van der Waals surface area contributed by atoms with Crippen LogP contribution in [-0.2, 0) is 65.4 Å². The second-order valence-electron chi connectivity index (χ2n) is 26.9. The summed E-state index contributed by atoms with van der Waals surface area (Å²) in [4.78, 5) is 72.5. The third kappa shape index (κ3) is 63.2. The second kappa shape index (κ2) is 59.8. The monoisotopic (exact) mass is 1310 g/mol. The number of hydrogen-bond donors (Lipinski definition) is 3. The minimum absolute atomic E-state index is 0.103. The van der Waals surface area contributed by atoms with Crippen LogP contribution in [0.2, 0.25) is 0 Å². The van der Waals surface area contributed by atoms with Gasteiger partial charge in [0.05, 0.1) is 26.4 Å². The molecule has 0 heterocycles. The fourth-order valence-corrected chi connectivity index (χ4v) is 12.0. The largest absolute Gasteiger partial charge is 0.472 e. The van der Waals surface area contributed by atoms with Gasteiger partial charge in [-0.1, -0.05) is 293 Å². The third-order valence-corrected chi connectivity index (χ3v) is 18.3. The Morgan fingerprint density at radius 2 is 0.539 bits per heavy atom. The maximum absolute atomic E-state index is 13.0. The van der Waals surface area contributed by atoms with Crippen molar-refractivity contribution in [3.8, 4) is 0 Å². The van der Waals surface area contributed by atoms with Crippen LogP contribution >= 0.6 is 15.6 Å². The Labute approximate surface area is 543 Å². The summed E-state index contributed by atoms with van der Waals surface area (Å²) in [5.41, 5.74) is 0. The zero-order valence-electron chi connectivity index (χ0n) is 58.1. The first kappa shape index (κ1) is 87.1. The fourth-order valence-electron chi connectivity index (χ4n) is 10.5. The van der Waals surface area contributed by atoms with Gasteiger partial charge in [0.1, 0.15) is 19.3 Å². The molecule has 0 aliphatic rings. The molecule has 528 valence electrons. The van der Waals surface area contributed by atoms with Crippen LogP contribution in [0.4, 0.5) is 0 Å². The van der Waals surface area contributed by atoms with Crippen molar-refractivity contribution in [2.45, 2.75) is 363 Å². The predicted molar refractivity (Wildman–Crippen MR) is 358 cm³/mol. The summed E-state index contributed by atoms with van der Waals surface area (Å²) < 4.78 is 68.2. The summed E-state index contributed by atoms with van der Waals surface area (Å²) in [5, 5.41) is 10.6. The highest BCUT2D eigenvalue weighted by molar-refractivity contribution is 7.47. The molecule has 3 N–H and O–H groups in total. The maximum atomic E-state index is 13.0. The lowest BCUT2D eigenvalue weighted by Crippen LogP contribution is -2.30. The SMILES string of the molecule is CCC(C)CCCCCCCCC(=O)O[C@H](COC(=O)CCCCCCCCCCCCCCCC(C)C)COP(=O)(O)OCC(O)COP(=O)(O)OC[C@@H](COC(=O)CCCCCCCCCCC(C)C)OC(=O)CCCCCCCCCCCC(C)C. The number of carbonyl (C=O) groups is 4. The second-order valence-corrected chi connectivity index (χ2v) is 29.8. The van der Waals surface area contributed by atoms with E-state index >= 15 is 0 Å². The summed E-state index contributed by atoms with van der Waals surface area (Å²) in [6, 6.07) is 0. The summed E-state index contributed by atoms with van der Waals surface area (Å²) in [7, 11) is -9.90. The van der Waals surface area contributed by atoms with Gasteiger partial charge in [-0.3, -0.25) is 37.3 Å². The molecule has 0 saturated heterocycles. The molecule has 0 rings (SSSR count). The lowest BCUT2D eigenvalue weighted by Gasteiger charge is -2.21. The van der Waals surface area contributed by atoms with E-state index in [-0.39, 0.29) is 25.7 Å². The zero-order valence-corrected chi connectivity index (χ0v) is 59.8. The number of rotatable bonds is 67. The molecule has 0 aromatic rings. The molecule has 0 bridgehead atoms. The summed E-state index contributed by atoms with van der Waals surface area (Å²) in [6.45, 7) is 14.1. The fraction of sp³-hybridized carbons (Fsp3) is 0.943. The molecule has 17 nitrogen and oxygen atoms in total. The molecule has 0 saturated carbocycles. The van der Waals surface area contributed by atoms with Crippen LogP contribution in [0.15, 0.2) is 0 Å². The van der Waals surface area contributed by atoms with Gasteiger partial charge in [0, 0.05) is 25.7 Å².